The molecule has 2 N–H and O–H groups in total. The van der Waals surface area contributed by atoms with Crippen molar-refractivity contribution in [3.8, 4) is 5.75 Å². The molecule has 0 fully saturated rings. The Hall–Kier alpha value is -1.02. The molecule has 0 bridgehead atoms. The second kappa shape index (κ2) is 2.49. The minimum absolute atomic E-state index is 0.0700. The van der Waals surface area contributed by atoms with Gasteiger partial charge in [-0.05, 0) is 31.0 Å². The topological polar surface area (TPSA) is 35.2 Å². The number of aryl methyl sites for hydroxylation is 2. The Kier molecular flexibility index (Phi) is 1.58. The van der Waals surface area contributed by atoms with Crippen molar-refractivity contribution >= 4 is 0 Å². The summed E-state index contributed by atoms with van der Waals surface area (Å²) < 4.78 is 5.45. The molecule has 1 aliphatic rings. The molecule has 0 saturated carbocycles. The maximum absolute atomic E-state index is 5.87. The first-order valence-electron chi connectivity index (χ1n) is 4.18. The Morgan fingerprint density at radius 3 is 2.92 bits per heavy atom. The Bertz CT molecular complexity index is 320. The zero-order valence-corrected chi connectivity index (χ0v) is 7.42. The van der Waals surface area contributed by atoms with E-state index in [1.165, 1.54) is 16.7 Å². The van der Waals surface area contributed by atoms with Crippen LogP contribution in [0.2, 0.25) is 0 Å². The molecule has 2 heteroatoms. The molecule has 1 heterocycles. The van der Waals surface area contributed by atoms with Crippen molar-refractivity contribution in [2.75, 3.05) is 6.61 Å². The molecule has 1 aromatic carbocycles. The molecular weight excluding hydrogens is 150 g/mol. The molecule has 2 nitrogen and oxygen atoms in total. The minimum atomic E-state index is 0.0700. The predicted octanol–water partition coefficient (Wildman–Crippen LogP) is 1.70. The minimum Gasteiger partial charge on any atom is -0.491 e. The Labute approximate surface area is 72.3 Å². The molecule has 1 atom stereocenters. The molecule has 0 saturated heterocycles. The zero-order chi connectivity index (χ0) is 8.72. The summed E-state index contributed by atoms with van der Waals surface area (Å²) in [6.07, 6.45) is 0. The van der Waals surface area contributed by atoms with Crippen LogP contribution in [0.4, 0.5) is 0 Å². The molecule has 64 valence electrons. The van der Waals surface area contributed by atoms with E-state index in [0.717, 1.165) is 5.75 Å². The third-order valence-electron chi connectivity index (χ3n) is 2.28. The summed E-state index contributed by atoms with van der Waals surface area (Å²) in [7, 11) is 0. The van der Waals surface area contributed by atoms with Crippen molar-refractivity contribution in [1.82, 2.24) is 0 Å². The van der Waals surface area contributed by atoms with Gasteiger partial charge in [-0.3, -0.25) is 0 Å². The largest absolute Gasteiger partial charge is 0.491 e. The van der Waals surface area contributed by atoms with Crippen LogP contribution in [0.3, 0.4) is 0 Å². The first-order valence-corrected chi connectivity index (χ1v) is 4.18. The quantitative estimate of drug-likeness (QED) is 0.631. The maximum Gasteiger partial charge on any atom is 0.124 e. The molecule has 1 unspecified atom stereocenters. The van der Waals surface area contributed by atoms with Gasteiger partial charge in [-0.1, -0.05) is 6.07 Å². The van der Waals surface area contributed by atoms with Crippen molar-refractivity contribution in [2.45, 2.75) is 19.9 Å². The fourth-order valence-electron chi connectivity index (χ4n) is 1.80. The highest BCUT2D eigenvalue weighted by Crippen LogP contribution is 2.34. The molecule has 1 aromatic rings. The number of fused-ring (bicyclic) bond motifs is 1. The van der Waals surface area contributed by atoms with E-state index in [-0.39, 0.29) is 6.04 Å². The average molecular weight is 163 g/mol. The maximum atomic E-state index is 5.87. The summed E-state index contributed by atoms with van der Waals surface area (Å²) in [6, 6.07) is 4.27. The van der Waals surface area contributed by atoms with E-state index in [4.69, 9.17) is 10.5 Å². The van der Waals surface area contributed by atoms with Crippen molar-refractivity contribution < 1.29 is 4.74 Å². The summed E-state index contributed by atoms with van der Waals surface area (Å²) >= 11 is 0. The van der Waals surface area contributed by atoms with Gasteiger partial charge < -0.3 is 10.5 Å². The van der Waals surface area contributed by atoms with Crippen molar-refractivity contribution in [3.63, 3.8) is 0 Å². The number of hydrogen-bond acceptors (Lipinski definition) is 2. The highest BCUT2D eigenvalue weighted by Gasteiger charge is 2.22. The molecule has 0 spiro atoms. The number of rotatable bonds is 0. The molecule has 12 heavy (non-hydrogen) atoms. The standard InChI is InChI=1S/C10H13NO/c1-6-3-7(2)10-8(11)5-12-9(10)4-6/h3-4,8H,5,11H2,1-2H3. The first kappa shape index (κ1) is 7.62. The smallest absolute Gasteiger partial charge is 0.124 e. The van der Waals surface area contributed by atoms with Crippen LogP contribution in [-0.2, 0) is 0 Å². The third kappa shape index (κ3) is 0.994. The van der Waals surface area contributed by atoms with Gasteiger partial charge in [0.1, 0.15) is 12.4 Å². The lowest BCUT2D eigenvalue weighted by Gasteiger charge is -2.06. The summed E-state index contributed by atoms with van der Waals surface area (Å²) in [5.74, 6) is 0.972. The monoisotopic (exact) mass is 163 g/mol. The van der Waals surface area contributed by atoms with E-state index in [0.29, 0.717) is 6.61 Å². The number of benzene rings is 1. The van der Waals surface area contributed by atoms with E-state index in [1.807, 2.05) is 0 Å². The zero-order valence-electron chi connectivity index (χ0n) is 7.42. The van der Waals surface area contributed by atoms with Crippen LogP contribution in [0.25, 0.3) is 0 Å². The van der Waals surface area contributed by atoms with Crippen LogP contribution in [0.5, 0.6) is 5.75 Å². The molecule has 0 radical (unpaired) electrons. The lowest BCUT2D eigenvalue weighted by atomic mass is 10.0. The lowest BCUT2D eigenvalue weighted by Crippen LogP contribution is -2.11. The summed E-state index contributed by atoms with van der Waals surface area (Å²) in [5.41, 5.74) is 9.54. The number of ether oxygens (including phenoxy) is 1. The Morgan fingerprint density at radius 2 is 2.17 bits per heavy atom. The number of hydrogen-bond donors (Lipinski definition) is 1. The Morgan fingerprint density at radius 1 is 1.42 bits per heavy atom. The molecule has 2 rings (SSSR count). The van der Waals surface area contributed by atoms with Crippen LogP contribution in [0.15, 0.2) is 12.1 Å². The molecule has 1 aliphatic heterocycles. The fraction of sp³-hybridized carbons (Fsp3) is 0.400. The normalized spacial score (nSPS) is 20.4. The van der Waals surface area contributed by atoms with Crippen LogP contribution in [0, 0.1) is 13.8 Å². The second-order valence-electron chi connectivity index (χ2n) is 3.41. The SMILES string of the molecule is Cc1cc(C)c2c(c1)OCC2N. The van der Waals surface area contributed by atoms with E-state index in [9.17, 15) is 0 Å². The van der Waals surface area contributed by atoms with Crippen molar-refractivity contribution in [1.29, 1.82) is 0 Å². The van der Waals surface area contributed by atoms with Gasteiger partial charge in [0, 0.05) is 5.56 Å². The molecule has 0 aromatic heterocycles. The van der Waals surface area contributed by atoms with Gasteiger partial charge in [0.25, 0.3) is 0 Å². The van der Waals surface area contributed by atoms with Gasteiger partial charge in [-0.25, -0.2) is 0 Å². The van der Waals surface area contributed by atoms with Crippen molar-refractivity contribution in [2.24, 2.45) is 5.73 Å². The van der Waals surface area contributed by atoms with Gasteiger partial charge >= 0.3 is 0 Å². The first-order chi connectivity index (χ1) is 5.68. The van der Waals surface area contributed by atoms with E-state index >= 15 is 0 Å². The van der Waals surface area contributed by atoms with Gasteiger partial charge in [0.05, 0.1) is 6.04 Å². The third-order valence-corrected chi connectivity index (χ3v) is 2.28. The summed E-state index contributed by atoms with van der Waals surface area (Å²) in [6.45, 7) is 4.78. The van der Waals surface area contributed by atoms with E-state index < -0.39 is 0 Å². The summed E-state index contributed by atoms with van der Waals surface area (Å²) in [4.78, 5) is 0. The van der Waals surface area contributed by atoms with Gasteiger partial charge in [-0.2, -0.15) is 0 Å². The lowest BCUT2D eigenvalue weighted by molar-refractivity contribution is 0.333. The van der Waals surface area contributed by atoms with Gasteiger partial charge in [0.2, 0.25) is 0 Å². The number of nitrogens with two attached hydrogens (primary N) is 1. The molecule has 0 aliphatic carbocycles. The second-order valence-corrected chi connectivity index (χ2v) is 3.41. The average Bonchev–Trinajstić information content (AvgIpc) is 2.31. The van der Waals surface area contributed by atoms with Crippen LogP contribution in [0.1, 0.15) is 22.7 Å². The highest BCUT2D eigenvalue weighted by atomic mass is 16.5. The summed E-state index contributed by atoms with van der Waals surface area (Å²) in [5, 5.41) is 0. The molecular formula is C10H13NO. The predicted molar refractivity (Wildman–Crippen MR) is 48.3 cm³/mol. The van der Waals surface area contributed by atoms with Crippen molar-refractivity contribution in [3.05, 3.63) is 28.8 Å². The van der Waals surface area contributed by atoms with E-state index in [2.05, 4.69) is 26.0 Å². The van der Waals surface area contributed by atoms with Crippen LogP contribution in [-0.4, -0.2) is 6.61 Å². The Balaban J connectivity index is 2.60. The highest BCUT2D eigenvalue weighted by molar-refractivity contribution is 5.47. The molecule has 0 amide bonds. The van der Waals surface area contributed by atoms with Gasteiger partial charge in [0.15, 0.2) is 0 Å². The van der Waals surface area contributed by atoms with E-state index in [1.54, 1.807) is 0 Å². The van der Waals surface area contributed by atoms with Gasteiger partial charge in [-0.15, -0.1) is 0 Å². The fourth-order valence-corrected chi connectivity index (χ4v) is 1.80. The van der Waals surface area contributed by atoms with Crippen LogP contribution >= 0.6 is 0 Å². The van der Waals surface area contributed by atoms with Crippen LogP contribution < -0.4 is 10.5 Å².